The van der Waals surface area contributed by atoms with Crippen LogP contribution >= 0.6 is 27.3 Å². The first kappa shape index (κ1) is 26.4. The average Bonchev–Trinajstić information content (AvgIpc) is 3.37. The van der Waals surface area contributed by atoms with Gasteiger partial charge in [-0.1, -0.05) is 66.1 Å². The predicted octanol–water partition coefficient (Wildman–Crippen LogP) is 8.52. The molecular weight excluding hydrogens is 504 g/mol. The highest BCUT2D eigenvalue weighted by atomic mass is 79.9. The molecule has 0 aliphatic carbocycles. The fourth-order valence-electron chi connectivity index (χ4n) is 4.36. The van der Waals surface area contributed by atoms with Crippen molar-refractivity contribution < 1.29 is 5.11 Å². The number of hydrogen-bond acceptors (Lipinski definition) is 4. The Morgan fingerprint density at radius 2 is 2.00 bits per heavy atom. The highest BCUT2D eigenvalue weighted by Crippen LogP contribution is 2.42. The van der Waals surface area contributed by atoms with Gasteiger partial charge in [-0.25, -0.2) is 4.98 Å². The van der Waals surface area contributed by atoms with Crippen LogP contribution in [0.3, 0.4) is 0 Å². The number of halogens is 1. The molecule has 0 saturated heterocycles. The number of aliphatic hydroxyl groups is 1. The van der Waals surface area contributed by atoms with Crippen LogP contribution in [0.1, 0.15) is 63.0 Å². The summed E-state index contributed by atoms with van der Waals surface area (Å²) in [6.07, 6.45) is 13.8. The van der Waals surface area contributed by atoms with Crippen LogP contribution in [0.15, 0.2) is 76.3 Å². The molecular formula is C29H35BrN2OS. The van der Waals surface area contributed by atoms with Gasteiger partial charge in [0, 0.05) is 45.5 Å². The van der Waals surface area contributed by atoms with E-state index in [1.165, 1.54) is 5.57 Å². The van der Waals surface area contributed by atoms with E-state index < -0.39 is 5.60 Å². The van der Waals surface area contributed by atoms with Gasteiger partial charge in [-0.2, -0.15) is 0 Å². The van der Waals surface area contributed by atoms with Crippen LogP contribution in [0.4, 0.5) is 5.82 Å². The monoisotopic (exact) mass is 538 g/mol. The number of nitrogens with zero attached hydrogens (tertiary/aromatic N) is 2. The number of rotatable bonds is 10. The molecule has 0 radical (unpaired) electrons. The van der Waals surface area contributed by atoms with E-state index in [0.29, 0.717) is 6.42 Å². The maximum absolute atomic E-state index is 12.2. The van der Waals surface area contributed by atoms with Gasteiger partial charge in [0.2, 0.25) is 0 Å². The lowest BCUT2D eigenvalue weighted by Gasteiger charge is -2.30. The van der Waals surface area contributed by atoms with Gasteiger partial charge < -0.3 is 10.0 Å². The highest BCUT2D eigenvalue weighted by molar-refractivity contribution is 9.10. The Bertz CT molecular complexity index is 1200. The molecule has 3 aromatic rings. The first-order chi connectivity index (χ1) is 16.4. The van der Waals surface area contributed by atoms with Crippen LogP contribution in [-0.4, -0.2) is 17.1 Å². The predicted molar refractivity (Wildman–Crippen MR) is 152 cm³/mol. The number of thiophene rings is 1. The molecule has 3 rings (SSSR count). The van der Waals surface area contributed by atoms with Crippen molar-refractivity contribution in [2.75, 3.05) is 11.9 Å². The number of aromatic nitrogens is 1. The minimum Gasteiger partial charge on any atom is -0.379 e. The Morgan fingerprint density at radius 3 is 2.62 bits per heavy atom. The van der Waals surface area contributed by atoms with E-state index >= 15 is 0 Å². The zero-order valence-electron chi connectivity index (χ0n) is 20.8. The lowest BCUT2D eigenvalue weighted by atomic mass is 9.85. The second kappa shape index (κ2) is 12.0. The van der Waals surface area contributed by atoms with Crippen molar-refractivity contribution in [3.05, 3.63) is 92.3 Å². The minimum atomic E-state index is -1.09. The van der Waals surface area contributed by atoms with Gasteiger partial charge >= 0.3 is 0 Å². The Hall–Kier alpha value is -2.21. The molecule has 0 saturated carbocycles. The molecule has 0 aliphatic rings. The molecule has 1 aromatic carbocycles. The molecule has 5 heteroatoms. The molecule has 0 fully saturated rings. The van der Waals surface area contributed by atoms with Gasteiger partial charge in [0.15, 0.2) is 0 Å². The third-order valence-electron chi connectivity index (χ3n) is 6.06. The van der Waals surface area contributed by atoms with Crippen molar-refractivity contribution in [1.82, 2.24) is 4.98 Å². The largest absolute Gasteiger partial charge is 0.379 e. The Kier molecular flexibility index (Phi) is 9.29. The lowest BCUT2D eigenvalue weighted by molar-refractivity contribution is 0.0735. The summed E-state index contributed by atoms with van der Waals surface area (Å²) in [5, 5.41) is 15.2. The van der Waals surface area contributed by atoms with E-state index in [4.69, 9.17) is 4.98 Å². The molecule has 0 bridgehead atoms. The maximum Gasteiger partial charge on any atom is 0.136 e. The van der Waals surface area contributed by atoms with Gasteiger partial charge in [0.05, 0.1) is 5.52 Å². The van der Waals surface area contributed by atoms with Gasteiger partial charge in [-0.05, 0) is 62.4 Å². The number of allylic oxidation sites excluding steroid dienone is 5. The number of pyridine rings is 1. The fourth-order valence-corrected chi connectivity index (χ4v) is 5.70. The quantitative estimate of drug-likeness (QED) is 0.262. The molecule has 1 unspecified atom stereocenters. The average molecular weight is 540 g/mol. The van der Waals surface area contributed by atoms with Gasteiger partial charge in [0.25, 0.3) is 0 Å². The van der Waals surface area contributed by atoms with E-state index in [9.17, 15) is 5.11 Å². The molecule has 3 nitrogen and oxygen atoms in total. The van der Waals surface area contributed by atoms with Gasteiger partial charge in [-0.3, -0.25) is 0 Å². The van der Waals surface area contributed by atoms with Crippen LogP contribution in [0.25, 0.3) is 10.9 Å². The Morgan fingerprint density at radius 1 is 1.21 bits per heavy atom. The first-order valence-electron chi connectivity index (χ1n) is 11.9. The van der Waals surface area contributed by atoms with Crippen molar-refractivity contribution in [2.24, 2.45) is 0 Å². The number of anilines is 1. The summed E-state index contributed by atoms with van der Waals surface area (Å²) < 4.78 is 0.948. The molecule has 1 N–H and O–H groups in total. The number of unbranched alkanes of at least 4 members (excludes halogenated alkanes) is 1. The molecule has 2 heterocycles. The standard InChI is InChI=1S/C29H35BrN2OS/c1-6-10-14-29(33,26-13-11-16-34-26)25-20-24(30)19-22-18-23(17-21(9-4)12-7-2)28(31-27(22)25)32(5)15-8-3/h7-9,11-13,15-16,18-20,33H,6,10,14,17H2,1-5H3/b12-7-,15-8-,21-9+. The first-order valence-corrected chi connectivity index (χ1v) is 13.6. The second-order valence-corrected chi connectivity index (χ2v) is 10.4. The molecule has 0 aliphatic heterocycles. The fraction of sp³-hybridized carbons (Fsp3) is 0.345. The third-order valence-corrected chi connectivity index (χ3v) is 7.54. The number of fused-ring (bicyclic) bond motifs is 1. The van der Waals surface area contributed by atoms with Crippen LogP contribution in [0, 0.1) is 0 Å². The second-order valence-electron chi connectivity index (χ2n) is 8.57. The van der Waals surface area contributed by atoms with Crippen LogP contribution in [-0.2, 0) is 12.0 Å². The Balaban J connectivity index is 2.31. The summed E-state index contributed by atoms with van der Waals surface area (Å²) in [5.41, 5.74) is 3.01. The van der Waals surface area contributed by atoms with E-state index in [1.54, 1.807) is 11.3 Å². The van der Waals surface area contributed by atoms with Crippen molar-refractivity contribution >= 4 is 44.0 Å². The van der Waals surface area contributed by atoms with Crippen LogP contribution < -0.4 is 4.90 Å². The van der Waals surface area contributed by atoms with Crippen LogP contribution in [0.2, 0.25) is 0 Å². The molecule has 2 aromatic heterocycles. The van der Waals surface area contributed by atoms with E-state index in [-0.39, 0.29) is 0 Å². The van der Waals surface area contributed by atoms with E-state index in [0.717, 1.165) is 56.5 Å². The summed E-state index contributed by atoms with van der Waals surface area (Å²) in [4.78, 5) is 8.24. The normalized spacial score (nSPS) is 14.4. The summed E-state index contributed by atoms with van der Waals surface area (Å²) in [6, 6.07) is 10.4. The van der Waals surface area contributed by atoms with Crippen molar-refractivity contribution in [1.29, 1.82) is 0 Å². The summed E-state index contributed by atoms with van der Waals surface area (Å²) in [6.45, 7) is 8.28. The van der Waals surface area contributed by atoms with Crippen molar-refractivity contribution in [2.45, 2.75) is 59.0 Å². The topological polar surface area (TPSA) is 36.4 Å². The highest BCUT2D eigenvalue weighted by Gasteiger charge is 2.35. The molecule has 180 valence electrons. The van der Waals surface area contributed by atoms with Gasteiger partial charge in [-0.15, -0.1) is 11.3 Å². The maximum atomic E-state index is 12.2. The molecule has 0 amide bonds. The summed E-state index contributed by atoms with van der Waals surface area (Å²) in [5.74, 6) is 0.905. The molecule has 0 spiro atoms. The Labute approximate surface area is 216 Å². The molecule has 1 atom stereocenters. The van der Waals surface area contributed by atoms with E-state index in [2.05, 4.69) is 65.0 Å². The molecule has 34 heavy (non-hydrogen) atoms. The minimum absolute atomic E-state index is 0.656. The lowest BCUT2D eigenvalue weighted by Crippen LogP contribution is -2.27. The third kappa shape index (κ3) is 5.70. The zero-order chi connectivity index (χ0) is 24.7. The van der Waals surface area contributed by atoms with Crippen LogP contribution in [0.5, 0.6) is 0 Å². The SMILES string of the molecule is C/C=C\C(=C/C)Cc1cc2cc(Br)cc(C(O)(CCCC)c3cccs3)c2nc1N(C)/C=C\C. The smallest absolute Gasteiger partial charge is 0.136 e. The van der Waals surface area contributed by atoms with Crippen molar-refractivity contribution in [3.63, 3.8) is 0 Å². The summed E-state index contributed by atoms with van der Waals surface area (Å²) >= 11 is 5.31. The zero-order valence-corrected chi connectivity index (χ0v) is 23.2. The van der Waals surface area contributed by atoms with E-state index in [1.807, 2.05) is 56.8 Å². The van der Waals surface area contributed by atoms with Crippen molar-refractivity contribution in [3.8, 4) is 0 Å². The number of hydrogen-bond donors (Lipinski definition) is 1. The van der Waals surface area contributed by atoms with Gasteiger partial charge in [0.1, 0.15) is 11.4 Å². The summed E-state index contributed by atoms with van der Waals surface area (Å²) in [7, 11) is 2.03. The number of benzene rings is 1.